The fourth-order valence-corrected chi connectivity index (χ4v) is 2.77. The van der Waals surface area contributed by atoms with Crippen LogP contribution in [0.15, 0.2) is 49.6 Å². The van der Waals surface area contributed by atoms with Crippen LogP contribution in [-0.4, -0.2) is 26.9 Å². The van der Waals surface area contributed by atoms with E-state index in [1.165, 1.54) is 0 Å². The lowest BCUT2D eigenvalue weighted by molar-refractivity contribution is 0.301. The van der Waals surface area contributed by atoms with Gasteiger partial charge in [0.1, 0.15) is 18.1 Å². The molecule has 0 bridgehead atoms. The third kappa shape index (κ3) is 3.44. The summed E-state index contributed by atoms with van der Waals surface area (Å²) in [6.07, 6.45) is 8.57. The highest BCUT2D eigenvalue weighted by molar-refractivity contribution is 5.62. The highest BCUT2D eigenvalue weighted by Gasteiger charge is 2.15. The number of methoxy groups -OCH3 is 1. The van der Waals surface area contributed by atoms with Crippen molar-refractivity contribution in [2.75, 3.05) is 7.11 Å². The molecule has 3 aromatic heterocycles. The van der Waals surface area contributed by atoms with Crippen LogP contribution < -0.4 is 9.47 Å². The molecule has 6 nitrogen and oxygen atoms in total. The van der Waals surface area contributed by atoms with E-state index in [0.29, 0.717) is 18.1 Å². The Labute approximate surface area is 153 Å². The summed E-state index contributed by atoms with van der Waals surface area (Å²) in [5, 5.41) is 4.40. The van der Waals surface area contributed by atoms with Crippen LogP contribution in [0.3, 0.4) is 0 Å². The van der Waals surface area contributed by atoms with Crippen LogP contribution in [0, 0.1) is 0 Å². The lowest BCUT2D eigenvalue weighted by Gasteiger charge is -2.15. The zero-order valence-corrected chi connectivity index (χ0v) is 15.2. The fraction of sp³-hybridized carbons (Fsp3) is 0.250. The van der Waals surface area contributed by atoms with Crippen LogP contribution >= 0.6 is 0 Å². The molecule has 0 radical (unpaired) electrons. The van der Waals surface area contributed by atoms with Gasteiger partial charge in [0.25, 0.3) is 0 Å². The van der Waals surface area contributed by atoms with Crippen molar-refractivity contribution < 1.29 is 9.47 Å². The number of pyridine rings is 2. The second-order valence-electron chi connectivity index (χ2n) is 6.01. The van der Waals surface area contributed by atoms with Crippen LogP contribution in [0.25, 0.3) is 17.5 Å². The lowest BCUT2D eigenvalue weighted by atomic mass is 10.1. The molecule has 0 saturated heterocycles. The summed E-state index contributed by atoms with van der Waals surface area (Å²) in [7, 11) is 1.60. The highest BCUT2D eigenvalue weighted by atomic mass is 16.5. The van der Waals surface area contributed by atoms with E-state index in [1.54, 1.807) is 38.0 Å². The topological polar surface area (TPSA) is 62.1 Å². The molecule has 0 aliphatic carbocycles. The second-order valence-corrected chi connectivity index (χ2v) is 6.01. The molecule has 0 aliphatic rings. The van der Waals surface area contributed by atoms with Crippen LogP contribution in [0.4, 0.5) is 0 Å². The van der Waals surface area contributed by atoms with Gasteiger partial charge in [0.15, 0.2) is 0 Å². The minimum Gasteiger partial charge on any atom is -0.494 e. The number of rotatable bonds is 7. The fourth-order valence-electron chi connectivity index (χ4n) is 2.77. The predicted octanol–water partition coefficient (Wildman–Crippen LogP) is 4.15. The first-order valence-electron chi connectivity index (χ1n) is 8.40. The lowest BCUT2D eigenvalue weighted by Crippen LogP contribution is -2.08. The molecule has 0 unspecified atom stereocenters. The van der Waals surface area contributed by atoms with Crippen molar-refractivity contribution in [1.29, 1.82) is 0 Å². The van der Waals surface area contributed by atoms with E-state index < -0.39 is 0 Å². The Hall–Kier alpha value is -3.15. The Bertz CT molecular complexity index is 902. The quantitative estimate of drug-likeness (QED) is 0.640. The maximum atomic E-state index is 6.01. The standard InChI is InChI=1S/C20H22N4O2/c1-5-16-18(25-4)11-21-12-19(16)26-13-15-7-6-9-22-20(15)17-8-10-23-24(17)14(2)3/h5-12,14H,1,13H2,2-4H3. The predicted molar refractivity (Wildman–Crippen MR) is 101 cm³/mol. The van der Waals surface area contributed by atoms with Crippen molar-refractivity contribution in [3.05, 3.63) is 60.7 Å². The molecule has 3 heterocycles. The van der Waals surface area contributed by atoms with Gasteiger partial charge in [0, 0.05) is 24.0 Å². The van der Waals surface area contributed by atoms with Crippen molar-refractivity contribution in [2.24, 2.45) is 0 Å². The summed E-state index contributed by atoms with van der Waals surface area (Å²) < 4.78 is 13.3. The van der Waals surface area contributed by atoms with Crippen molar-refractivity contribution >= 4 is 6.08 Å². The zero-order chi connectivity index (χ0) is 18.5. The van der Waals surface area contributed by atoms with E-state index in [1.807, 2.05) is 22.9 Å². The van der Waals surface area contributed by atoms with Gasteiger partial charge in [-0.15, -0.1) is 0 Å². The van der Waals surface area contributed by atoms with Gasteiger partial charge in [-0.3, -0.25) is 14.6 Å². The Kier molecular flexibility index (Phi) is 5.31. The summed E-state index contributed by atoms with van der Waals surface area (Å²) in [6.45, 7) is 8.36. The monoisotopic (exact) mass is 350 g/mol. The van der Waals surface area contributed by atoms with Crippen LogP contribution in [0.2, 0.25) is 0 Å². The van der Waals surface area contributed by atoms with Gasteiger partial charge in [-0.1, -0.05) is 18.7 Å². The molecule has 0 atom stereocenters. The first-order valence-corrected chi connectivity index (χ1v) is 8.40. The molecule has 3 aromatic rings. The Morgan fingerprint density at radius 2 is 2.00 bits per heavy atom. The third-order valence-electron chi connectivity index (χ3n) is 4.02. The van der Waals surface area contributed by atoms with Gasteiger partial charge < -0.3 is 9.47 Å². The molecule has 0 N–H and O–H groups in total. The number of hydrogen-bond acceptors (Lipinski definition) is 5. The van der Waals surface area contributed by atoms with E-state index in [2.05, 4.69) is 35.5 Å². The SMILES string of the molecule is C=Cc1c(OC)cncc1OCc1cccnc1-c1ccnn1C(C)C. The summed E-state index contributed by atoms with van der Waals surface area (Å²) in [5.74, 6) is 1.24. The first kappa shape index (κ1) is 17.7. The highest BCUT2D eigenvalue weighted by Crippen LogP contribution is 2.30. The normalized spacial score (nSPS) is 10.8. The minimum absolute atomic E-state index is 0.241. The van der Waals surface area contributed by atoms with Crippen molar-refractivity contribution in [1.82, 2.24) is 19.7 Å². The Morgan fingerprint density at radius 1 is 1.19 bits per heavy atom. The average Bonchev–Trinajstić information content (AvgIpc) is 3.16. The molecule has 0 spiro atoms. The summed E-state index contributed by atoms with van der Waals surface area (Å²) >= 11 is 0. The molecule has 134 valence electrons. The molecule has 0 aromatic carbocycles. The maximum Gasteiger partial charge on any atom is 0.149 e. The third-order valence-corrected chi connectivity index (χ3v) is 4.02. The molecule has 26 heavy (non-hydrogen) atoms. The largest absolute Gasteiger partial charge is 0.494 e. The molecule has 0 amide bonds. The van der Waals surface area contributed by atoms with Gasteiger partial charge in [0.05, 0.1) is 36.5 Å². The maximum absolute atomic E-state index is 6.01. The van der Waals surface area contributed by atoms with Crippen LogP contribution in [-0.2, 0) is 6.61 Å². The van der Waals surface area contributed by atoms with Crippen LogP contribution in [0.5, 0.6) is 11.5 Å². The van der Waals surface area contributed by atoms with Gasteiger partial charge in [-0.05, 0) is 26.0 Å². The van der Waals surface area contributed by atoms with Crippen LogP contribution in [0.1, 0.15) is 31.0 Å². The van der Waals surface area contributed by atoms with E-state index in [-0.39, 0.29) is 6.04 Å². The molecule has 3 rings (SSSR count). The second kappa shape index (κ2) is 7.82. The number of nitrogens with zero attached hydrogens (tertiary/aromatic N) is 4. The summed E-state index contributed by atoms with van der Waals surface area (Å²) in [5.41, 5.74) is 3.56. The molecular weight excluding hydrogens is 328 g/mol. The summed E-state index contributed by atoms with van der Waals surface area (Å²) in [4.78, 5) is 8.71. The Morgan fingerprint density at radius 3 is 2.73 bits per heavy atom. The van der Waals surface area contributed by atoms with E-state index in [4.69, 9.17) is 9.47 Å². The molecule has 0 aliphatic heterocycles. The van der Waals surface area contributed by atoms with Gasteiger partial charge >= 0.3 is 0 Å². The van der Waals surface area contributed by atoms with E-state index in [0.717, 1.165) is 22.5 Å². The molecule has 0 fully saturated rings. The minimum atomic E-state index is 0.241. The van der Waals surface area contributed by atoms with Crippen molar-refractivity contribution in [3.63, 3.8) is 0 Å². The molecule has 0 saturated carbocycles. The number of ether oxygens (including phenoxy) is 2. The Balaban J connectivity index is 1.91. The van der Waals surface area contributed by atoms with Crippen molar-refractivity contribution in [2.45, 2.75) is 26.5 Å². The average molecular weight is 350 g/mol. The van der Waals surface area contributed by atoms with Gasteiger partial charge in [0.2, 0.25) is 0 Å². The van der Waals surface area contributed by atoms with Crippen molar-refractivity contribution in [3.8, 4) is 22.9 Å². The number of hydrogen-bond donors (Lipinski definition) is 0. The van der Waals surface area contributed by atoms with Gasteiger partial charge in [-0.2, -0.15) is 5.10 Å². The van der Waals surface area contributed by atoms with E-state index >= 15 is 0 Å². The molecule has 6 heteroatoms. The zero-order valence-electron chi connectivity index (χ0n) is 15.2. The smallest absolute Gasteiger partial charge is 0.149 e. The van der Waals surface area contributed by atoms with E-state index in [9.17, 15) is 0 Å². The summed E-state index contributed by atoms with van der Waals surface area (Å²) in [6, 6.07) is 6.11. The first-order chi connectivity index (χ1) is 12.7. The van der Waals surface area contributed by atoms with Gasteiger partial charge in [-0.25, -0.2) is 0 Å². The molecular formula is C20H22N4O2. The number of aromatic nitrogens is 4.